The Morgan fingerprint density at radius 2 is 2.24 bits per heavy atom. The molecule has 1 aliphatic rings. The summed E-state index contributed by atoms with van der Waals surface area (Å²) in [5.41, 5.74) is 5.96. The van der Waals surface area contributed by atoms with E-state index in [2.05, 4.69) is 5.32 Å². The molecule has 0 saturated heterocycles. The average molecular weight is 236 g/mol. The average Bonchev–Trinajstić information content (AvgIpc) is 2.25. The first kappa shape index (κ1) is 12.0. The van der Waals surface area contributed by atoms with E-state index in [9.17, 15) is 9.18 Å². The Balaban J connectivity index is 2.01. The lowest BCUT2D eigenvalue weighted by atomic mass is 9.77. The van der Waals surface area contributed by atoms with Crippen molar-refractivity contribution < 1.29 is 9.18 Å². The van der Waals surface area contributed by atoms with E-state index >= 15 is 0 Å². The standard InChI is InChI=1S/C13H17FN2O/c1-9(10-4-2-5-11(14)8-10)16-12(17)13(15)6-3-7-13/h2,4-5,8-9H,3,6-7,15H2,1H3,(H,16,17)/t9-/m0/s1. The second-order valence-electron chi connectivity index (χ2n) is 4.76. The van der Waals surface area contributed by atoms with Gasteiger partial charge in [0.2, 0.25) is 5.91 Å². The van der Waals surface area contributed by atoms with Crippen LogP contribution in [-0.2, 0) is 4.79 Å². The van der Waals surface area contributed by atoms with Crippen LogP contribution in [-0.4, -0.2) is 11.4 Å². The van der Waals surface area contributed by atoms with Gasteiger partial charge in [-0.05, 0) is 43.9 Å². The highest BCUT2D eigenvalue weighted by Gasteiger charge is 2.40. The molecule has 0 spiro atoms. The maximum absolute atomic E-state index is 13.0. The molecule has 2 rings (SSSR count). The third kappa shape index (κ3) is 2.47. The summed E-state index contributed by atoms with van der Waals surface area (Å²) in [5.74, 6) is -0.435. The van der Waals surface area contributed by atoms with E-state index in [1.165, 1.54) is 12.1 Å². The molecule has 0 heterocycles. The van der Waals surface area contributed by atoms with Crippen LogP contribution in [0.1, 0.15) is 37.8 Å². The van der Waals surface area contributed by atoms with Gasteiger partial charge in [0.1, 0.15) is 5.82 Å². The summed E-state index contributed by atoms with van der Waals surface area (Å²) < 4.78 is 13.0. The molecule has 1 fully saturated rings. The number of carbonyl (C=O) groups excluding carboxylic acids is 1. The van der Waals surface area contributed by atoms with Gasteiger partial charge in [-0.1, -0.05) is 12.1 Å². The molecule has 92 valence electrons. The third-order valence-electron chi connectivity index (χ3n) is 3.39. The Morgan fingerprint density at radius 3 is 2.76 bits per heavy atom. The highest BCUT2D eigenvalue weighted by atomic mass is 19.1. The zero-order valence-electron chi connectivity index (χ0n) is 9.87. The topological polar surface area (TPSA) is 55.1 Å². The van der Waals surface area contributed by atoms with E-state index in [1.54, 1.807) is 12.1 Å². The molecule has 0 aromatic heterocycles. The van der Waals surface area contributed by atoms with Gasteiger partial charge in [0.25, 0.3) is 0 Å². The summed E-state index contributed by atoms with van der Waals surface area (Å²) >= 11 is 0. The van der Waals surface area contributed by atoms with Crippen LogP contribution >= 0.6 is 0 Å². The number of halogens is 1. The molecule has 0 bridgehead atoms. The number of rotatable bonds is 3. The van der Waals surface area contributed by atoms with Gasteiger partial charge >= 0.3 is 0 Å². The van der Waals surface area contributed by atoms with E-state index < -0.39 is 5.54 Å². The zero-order chi connectivity index (χ0) is 12.5. The molecule has 3 N–H and O–H groups in total. The lowest BCUT2D eigenvalue weighted by molar-refractivity contribution is -0.129. The van der Waals surface area contributed by atoms with E-state index in [-0.39, 0.29) is 17.8 Å². The van der Waals surface area contributed by atoms with Gasteiger partial charge in [0, 0.05) is 0 Å². The van der Waals surface area contributed by atoms with Crippen molar-refractivity contribution in [3.05, 3.63) is 35.6 Å². The summed E-state index contributed by atoms with van der Waals surface area (Å²) in [6, 6.07) is 6.01. The van der Waals surface area contributed by atoms with E-state index in [0.29, 0.717) is 0 Å². The van der Waals surface area contributed by atoms with Crippen LogP contribution in [0.25, 0.3) is 0 Å². The first-order chi connectivity index (χ1) is 8.01. The van der Waals surface area contributed by atoms with E-state index in [4.69, 9.17) is 5.73 Å². The summed E-state index contributed by atoms with van der Waals surface area (Å²) in [5, 5.41) is 2.84. The normalized spacial score (nSPS) is 19.2. The molecule has 1 aromatic carbocycles. The van der Waals surface area contributed by atoms with Crippen LogP contribution in [0.5, 0.6) is 0 Å². The third-order valence-corrected chi connectivity index (χ3v) is 3.39. The quantitative estimate of drug-likeness (QED) is 0.842. The molecule has 17 heavy (non-hydrogen) atoms. The number of benzene rings is 1. The second kappa shape index (κ2) is 4.45. The van der Waals surface area contributed by atoms with Crippen molar-refractivity contribution in [1.82, 2.24) is 5.32 Å². The number of amides is 1. The maximum atomic E-state index is 13.0. The number of nitrogens with two attached hydrogens (primary N) is 1. The Kier molecular flexibility index (Phi) is 3.15. The SMILES string of the molecule is C[C@H](NC(=O)C1(N)CCC1)c1cccc(F)c1. The number of hydrogen-bond donors (Lipinski definition) is 2. The Morgan fingerprint density at radius 1 is 1.53 bits per heavy atom. The summed E-state index contributed by atoms with van der Waals surface area (Å²) in [7, 11) is 0. The summed E-state index contributed by atoms with van der Waals surface area (Å²) in [6.45, 7) is 1.83. The molecule has 4 heteroatoms. The highest BCUT2D eigenvalue weighted by Crippen LogP contribution is 2.29. The highest BCUT2D eigenvalue weighted by molar-refractivity contribution is 5.87. The number of nitrogens with one attached hydrogen (secondary N) is 1. The van der Waals surface area contributed by atoms with Crippen LogP contribution in [0.3, 0.4) is 0 Å². The fourth-order valence-corrected chi connectivity index (χ4v) is 1.98. The van der Waals surface area contributed by atoms with Crippen molar-refractivity contribution in [2.45, 2.75) is 37.8 Å². The molecule has 3 nitrogen and oxygen atoms in total. The van der Waals surface area contributed by atoms with Crippen LogP contribution in [0.2, 0.25) is 0 Å². The zero-order valence-corrected chi connectivity index (χ0v) is 9.87. The molecule has 0 aliphatic heterocycles. The van der Waals surface area contributed by atoms with Gasteiger partial charge in [0.15, 0.2) is 0 Å². The fraction of sp³-hybridized carbons (Fsp3) is 0.462. The molecule has 1 amide bonds. The van der Waals surface area contributed by atoms with Crippen molar-refractivity contribution in [1.29, 1.82) is 0 Å². The summed E-state index contributed by atoms with van der Waals surface area (Å²) in [6.07, 6.45) is 2.46. The van der Waals surface area contributed by atoms with E-state index in [1.807, 2.05) is 6.92 Å². The minimum Gasteiger partial charge on any atom is -0.348 e. The number of carbonyl (C=O) groups is 1. The minimum absolute atomic E-state index is 0.138. The molecule has 1 saturated carbocycles. The van der Waals surface area contributed by atoms with Crippen LogP contribution < -0.4 is 11.1 Å². The summed E-state index contributed by atoms with van der Waals surface area (Å²) in [4.78, 5) is 11.9. The first-order valence-electron chi connectivity index (χ1n) is 5.86. The molecular weight excluding hydrogens is 219 g/mol. The van der Waals surface area contributed by atoms with Crippen molar-refractivity contribution in [3.63, 3.8) is 0 Å². The lowest BCUT2D eigenvalue weighted by Crippen LogP contribution is -2.58. The fourth-order valence-electron chi connectivity index (χ4n) is 1.98. The van der Waals surface area contributed by atoms with E-state index in [0.717, 1.165) is 24.8 Å². The smallest absolute Gasteiger partial charge is 0.240 e. The van der Waals surface area contributed by atoms with Gasteiger partial charge < -0.3 is 11.1 Å². The molecular formula is C13H17FN2O. The predicted octanol–water partition coefficient (Wildman–Crippen LogP) is 1.88. The van der Waals surface area contributed by atoms with Crippen LogP contribution in [0, 0.1) is 5.82 Å². The van der Waals surface area contributed by atoms with Crippen molar-refractivity contribution in [3.8, 4) is 0 Å². The van der Waals surface area contributed by atoms with Crippen LogP contribution in [0.4, 0.5) is 4.39 Å². The van der Waals surface area contributed by atoms with Gasteiger partial charge in [-0.15, -0.1) is 0 Å². The molecule has 0 radical (unpaired) electrons. The van der Waals surface area contributed by atoms with Crippen molar-refractivity contribution >= 4 is 5.91 Å². The van der Waals surface area contributed by atoms with Crippen LogP contribution in [0.15, 0.2) is 24.3 Å². The molecule has 1 aromatic rings. The number of hydrogen-bond acceptors (Lipinski definition) is 2. The Labute approximate surface area is 100 Å². The van der Waals surface area contributed by atoms with Crippen molar-refractivity contribution in [2.75, 3.05) is 0 Å². The Bertz CT molecular complexity index is 429. The largest absolute Gasteiger partial charge is 0.348 e. The Hall–Kier alpha value is -1.42. The van der Waals surface area contributed by atoms with Gasteiger partial charge in [-0.3, -0.25) is 4.79 Å². The monoisotopic (exact) mass is 236 g/mol. The predicted molar refractivity (Wildman–Crippen MR) is 63.7 cm³/mol. The van der Waals surface area contributed by atoms with Gasteiger partial charge in [0.05, 0.1) is 11.6 Å². The molecule has 1 atom stereocenters. The lowest BCUT2D eigenvalue weighted by Gasteiger charge is -2.37. The minimum atomic E-state index is -0.707. The van der Waals surface area contributed by atoms with Crippen molar-refractivity contribution in [2.24, 2.45) is 5.73 Å². The first-order valence-corrected chi connectivity index (χ1v) is 5.86. The second-order valence-corrected chi connectivity index (χ2v) is 4.76. The maximum Gasteiger partial charge on any atom is 0.240 e. The molecule has 1 aliphatic carbocycles. The van der Waals surface area contributed by atoms with Gasteiger partial charge in [-0.2, -0.15) is 0 Å². The molecule has 0 unspecified atom stereocenters. The van der Waals surface area contributed by atoms with Gasteiger partial charge in [-0.25, -0.2) is 4.39 Å².